The van der Waals surface area contributed by atoms with Crippen LogP contribution in [0.4, 0.5) is 0 Å². The molecule has 5 heteroatoms. The maximum atomic E-state index is 11.3. The first-order chi connectivity index (χ1) is 8.21. The topological polar surface area (TPSA) is 67.5 Å². The van der Waals surface area contributed by atoms with Crippen molar-refractivity contribution in [2.45, 2.75) is 40.0 Å². The fourth-order valence-electron chi connectivity index (χ4n) is 1.92. The Labute approximate surface area is 105 Å². The van der Waals surface area contributed by atoms with Gasteiger partial charge < -0.3 is 5.11 Å². The van der Waals surface area contributed by atoms with E-state index in [-0.39, 0.29) is 11.0 Å². The number of pyridine rings is 1. The summed E-state index contributed by atoms with van der Waals surface area (Å²) in [6, 6.07) is 1.82. The molecule has 0 aliphatic heterocycles. The highest BCUT2D eigenvalue weighted by Crippen LogP contribution is 2.23. The van der Waals surface area contributed by atoms with Crippen molar-refractivity contribution in [1.29, 1.82) is 0 Å². The van der Waals surface area contributed by atoms with E-state index in [4.69, 9.17) is 0 Å². The van der Waals surface area contributed by atoms with E-state index >= 15 is 0 Å². The van der Waals surface area contributed by atoms with E-state index < -0.39 is 5.97 Å². The van der Waals surface area contributed by atoms with Gasteiger partial charge in [-0.15, -0.1) is 0 Å². The van der Waals surface area contributed by atoms with Gasteiger partial charge in [0.15, 0.2) is 11.5 Å². The summed E-state index contributed by atoms with van der Waals surface area (Å²) in [6.07, 6.45) is 0. The lowest BCUT2D eigenvalue weighted by atomic mass is 9.96. The molecule has 0 unspecified atom stereocenters. The van der Waals surface area contributed by atoms with Crippen LogP contribution in [0.1, 0.15) is 48.2 Å². The number of carboxylic acid groups (broad SMARTS) is 1. The van der Waals surface area contributed by atoms with Crippen molar-refractivity contribution in [3.63, 3.8) is 0 Å². The molecular weight excluding hydrogens is 230 g/mol. The number of hydrogen-bond acceptors (Lipinski definition) is 3. The van der Waals surface area contributed by atoms with Crippen molar-refractivity contribution >= 4 is 11.6 Å². The third-order valence-corrected chi connectivity index (χ3v) is 2.87. The highest BCUT2D eigenvalue weighted by Gasteiger charge is 2.23. The molecule has 0 aliphatic carbocycles. The zero-order valence-electron chi connectivity index (χ0n) is 11.3. The normalized spacial score (nSPS) is 12.1. The Morgan fingerprint density at radius 2 is 1.94 bits per heavy atom. The fourth-order valence-corrected chi connectivity index (χ4v) is 1.92. The van der Waals surface area contributed by atoms with Crippen LogP contribution >= 0.6 is 0 Å². The maximum absolute atomic E-state index is 11.3. The summed E-state index contributed by atoms with van der Waals surface area (Å²) in [4.78, 5) is 15.7. The third kappa shape index (κ3) is 1.85. The lowest BCUT2D eigenvalue weighted by Gasteiger charge is -2.11. The number of aryl methyl sites for hydroxylation is 2. The molecule has 0 fully saturated rings. The van der Waals surface area contributed by atoms with Crippen LogP contribution in [0, 0.1) is 13.8 Å². The second-order valence-electron chi connectivity index (χ2n) is 5.57. The van der Waals surface area contributed by atoms with Crippen LogP contribution in [0.3, 0.4) is 0 Å². The van der Waals surface area contributed by atoms with Crippen molar-refractivity contribution < 1.29 is 9.90 Å². The lowest BCUT2D eigenvalue weighted by Crippen LogP contribution is -2.13. The minimum absolute atomic E-state index is 0.206. The van der Waals surface area contributed by atoms with Gasteiger partial charge in [0.25, 0.3) is 0 Å². The summed E-state index contributed by atoms with van der Waals surface area (Å²) in [5, 5.41) is 13.7. The molecule has 0 radical (unpaired) electrons. The average molecular weight is 247 g/mol. The molecule has 1 N–H and O–H groups in total. The van der Waals surface area contributed by atoms with E-state index in [1.807, 2.05) is 33.8 Å². The largest absolute Gasteiger partial charge is 0.478 e. The molecule has 5 nitrogen and oxygen atoms in total. The minimum Gasteiger partial charge on any atom is -0.478 e. The first-order valence-electron chi connectivity index (χ1n) is 5.82. The summed E-state index contributed by atoms with van der Waals surface area (Å²) in [5.74, 6) is -0.316. The predicted octanol–water partition coefficient (Wildman–Crippen LogP) is 2.34. The molecule has 2 rings (SSSR count). The van der Waals surface area contributed by atoms with Crippen molar-refractivity contribution in [2.75, 3.05) is 0 Å². The summed E-state index contributed by atoms with van der Waals surface area (Å²) >= 11 is 0. The van der Waals surface area contributed by atoms with Crippen molar-refractivity contribution in [2.24, 2.45) is 0 Å². The number of aromatic carboxylic acids is 1. The van der Waals surface area contributed by atoms with E-state index in [9.17, 15) is 9.90 Å². The molecule has 0 spiro atoms. The average Bonchev–Trinajstić information content (AvgIpc) is 2.60. The van der Waals surface area contributed by atoms with Crippen LogP contribution in [0.25, 0.3) is 5.65 Å². The number of fused-ring (bicyclic) bond motifs is 1. The van der Waals surface area contributed by atoms with Gasteiger partial charge in [-0.25, -0.2) is 14.3 Å². The van der Waals surface area contributed by atoms with E-state index in [2.05, 4.69) is 10.1 Å². The molecule has 0 aliphatic rings. The van der Waals surface area contributed by atoms with E-state index in [1.165, 1.54) is 0 Å². The molecule has 0 saturated heterocycles. The highest BCUT2D eigenvalue weighted by molar-refractivity contribution is 5.96. The van der Waals surface area contributed by atoms with Crippen molar-refractivity contribution in [3.8, 4) is 0 Å². The summed E-state index contributed by atoms with van der Waals surface area (Å²) in [5.41, 5.74) is 2.03. The van der Waals surface area contributed by atoms with Gasteiger partial charge in [-0.05, 0) is 25.5 Å². The number of carbonyl (C=O) groups is 1. The number of carboxylic acids is 1. The van der Waals surface area contributed by atoms with Crippen LogP contribution in [-0.4, -0.2) is 25.7 Å². The Balaban J connectivity index is 2.86. The molecule has 0 saturated carbocycles. The summed E-state index contributed by atoms with van der Waals surface area (Å²) < 4.78 is 1.61. The van der Waals surface area contributed by atoms with Crippen LogP contribution in [0.2, 0.25) is 0 Å². The second kappa shape index (κ2) is 3.80. The Kier molecular flexibility index (Phi) is 2.65. The van der Waals surface area contributed by atoms with Gasteiger partial charge in [0.1, 0.15) is 5.56 Å². The SMILES string of the molecule is Cc1cc(C)n2nc(C(C)(C)C)nc2c1C(=O)O. The van der Waals surface area contributed by atoms with Crippen molar-refractivity contribution in [1.82, 2.24) is 14.6 Å². The van der Waals surface area contributed by atoms with Crippen LogP contribution in [-0.2, 0) is 5.41 Å². The first-order valence-corrected chi connectivity index (χ1v) is 5.82. The standard InChI is InChI=1S/C13H17N3O2/c1-7-6-8(2)16-10(9(7)11(17)18)14-12(15-16)13(3,4)5/h6H,1-5H3,(H,17,18). The smallest absolute Gasteiger partial charge is 0.339 e. The van der Waals surface area contributed by atoms with Gasteiger partial charge in [-0.2, -0.15) is 5.10 Å². The maximum Gasteiger partial charge on any atom is 0.339 e. The molecule has 0 amide bonds. The molecular formula is C13H17N3O2. The molecule has 2 heterocycles. The van der Waals surface area contributed by atoms with E-state index in [0.29, 0.717) is 17.0 Å². The Hall–Kier alpha value is -1.91. The minimum atomic E-state index is -0.967. The zero-order chi connectivity index (χ0) is 13.7. The molecule has 0 aromatic carbocycles. The number of rotatable bonds is 1. The van der Waals surface area contributed by atoms with Gasteiger partial charge in [-0.3, -0.25) is 0 Å². The Morgan fingerprint density at radius 3 is 2.44 bits per heavy atom. The van der Waals surface area contributed by atoms with Gasteiger partial charge in [-0.1, -0.05) is 20.8 Å². The van der Waals surface area contributed by atoms with Crippen molar-refractivity contribution in [3.05, 3.63) is 28.7 Å². The summed E-state index contributed by atoms with van der Waals surface area (Å²) in [7, 11) is 0. The third-order valence-electron chi connectivity index (χ3n) is 2.87. The predicted molar refractivity (Wildman–Crippen MR) is 68.1 cm³/mol. The van der Waals surface area contributed by atoms with Gasteiger partial charge in [0, 0.05) is 11.1 Å². The number of nitrogens with zero attached hydrogens (tertiary/aromatic N) is 3. The first kappa shape index (κ1) is 12.5. The molecule has 0 atom stereocenters. The zero-order valence-corrected chi connectivity index (χ0v) is 11.3. The van der Waals surface area contributed by atoms with Gasteiger partial charge in [0.05, 0.1) is 0 Å². The lowest BCUT2D eigenvalue weighted by molar-refractivity contribution is 0.0697. The van der Waals surface area contributed by atoms with Gasteiger partial charge >= 0.3 is 5.97 Å². The van der Waals surface area contributed by atoms with Crippen LogP contribution < -0.4 is 0 Å². The number of aromatic nitrogens is 3. The Morgan fingerprint density at radius 1 is 1.33 bits per heavy atom. The number of hydrogen-bond donors (Lipinski definition) is 1. The second-order valence-corrected chi connectivity index (χ2v) is 5.57. The Bertz CT molecular complexity index is 636. The van der Waals surface area contributed by atoms with E-state index in [0.717, 1.165) is 5.69 Å². The molecule has 96 valence electrons. The molecule has 2 aromatic heterocycles. The molecule has 2 aromatic rings. The van der Waals surface area contributed by atoms with Gasteiger partial charge in [0.2, 0.25) is 0 Å². The highest BCUT2D eigenvalue weighted by atomic mass is 16.4. The summed E-state index contributed by atoms with van der Waals surface area (Å²) in [6.45, 7) is 9.69. The van der Waals surface area contributed by atoms with Crippen LogP contribution in [0.5, 0.6) is 0 Å². The monoisotopic (exact) mass is 247 g/mol. The quantitative estimate of drug-likeness (QED) is 0.839. The van der Waals surface area contributed by atoms with E-state index in [1.54, 1.807) is 11.4 Å². The fraction of sp³-hybridized carbons (Fsp3) is 0.462. The molecule has 18 heavy (non-hydrogen) atoms. The molecule has 0 bridgehead atoms. The van der Waals surface area contributed by atoms with Crippen LogP contribution in [0.15, 0.2) is 6.07 Å².